The van der Waals surface area contributed by atoms with Gasteiger partial charge in [-0.05, 0) is 25.0 Å². The lowest BCUT2D eigenvalue weighted by Crippen LogP contribution is -2.45. The van der Waals surface area contributed by atoms with Crippen molar-refractivity contribution in [3.05, 3.63) is 29.8 Å². The fraction of sp³-hybridized carbons (Fsp3) is 0.500. The Morgan fingerprint density at radius 1 is 1.56 bits per heavy atom. The van der Waals surface area contributed by atoms with Crippen molar-refractivity contribution >= 4 is 5.91 Å². The number of rotatable bonds is 4. The Morgan fingerprint density at radius 2 is 2.28 bits per heavy atom. The molecule has 1 heterocycles. The van der Waals surface area contributed by atoms with Crippen molar-refractivity contribution in [2.45, 2.75) is 38.4 Å². The number of fused-ring (bicyclic) bond motifs is 1. The first-order chi connectivity index (χ1) is 8.52. The average molecular weight is 249 g/mol. The van der Waals surface area contributed by atoms with E-state index < -0.39 is 11.7 Å². The fourth-order valence-electron chi connectivity index (χ4n) is 1.84. The summed E-state index contributed by atoms with van der Waals surface area (Å²) in [5, 5.41) is 12.6. The van der Waals surface area contributed by atoms with Gasteiger partial charge in [0.15, 0.2) is 6.10 Å². The van der Waals surface area contributed by atoms with E-state index in [4.69, 9.17) is 4.74 Å². The number of aliphatic hydroxyl groups is 1. The Hall–Kier alpha value is -1.55. The maximum absolute atomic E-state index is 11.9. The summed E-state index contributed by atoms with van der Waals surface area (Å²) in [6, 6.07) is 7.65. The third-order valence-electron chi connectivity index (χ3n) is 3.34. The van der Waals surface area contributed by atoms with Gasteiger partial charge < -0.3 is 15.2 Å². The van der Waals surface area contributed by atoms with Crippen molar-refractivity contribution in [1.29, 1.82) is 0 Å². The molecule has 2 atom stereocenters. The van der Waals surface area contributed by atoms with Crippen LogP contribution in [0, 0.1) is 0 Å². The summed E-state index contributed by atoms with van der Waals surface area (Å²) in [5.74, 6) is 0.611. The minimum Gasteiger partial charge on any atom is -0.480 e. The van der Waals surface area contributed by atoms with Crippen LogP contribution in [0.1, 0.15) is 25.8 Å². The monoisotopic (exact) mass is 249 g/mol. The van der Waals surface area contributed by atoms with Gasteiger partial charge in [-0.25, -0.2) is 0 Å². The second-order valence-electron chi connectivity index (χ2n) is 4.99. The van der Waals surface area contributed by atoms with Crippen LogP contribution in [0.15, 0.2) is 24.3 Å². The lowest BCUT2D eigenvalue weighted by atomic mass is 10.0. The fourth-order valence-corrected chi connectivity index (χ4v) is 1.84. The predicted molar refractivity (Wildman–Crippen MR) is 68.5 cm³/mol. The number of hydrogen-bond donors (Lipinski definition) is 2. The summed E-state index contributed by atoms with van der Waals surface area (Å²) >= 11 is 0. The van der Waals surface area contributed by atoms with Crippen molar-refractivity contribution in [2.75, 3.05) is 6.54 Å². The Bertz CT molecular complexity index is 417. The summed E-state index contributed by atoms with van der Waals surface area (Å²) in [6.07, 6.45) is 0.713. The minimum atomic E-state index is -0.860. The van der Waals surface area contributed by atoms with E-state index >= 15 is 0 Å². The molecular weight excluding hydrogens is 230 g/mol. The third kappa shape index (κ3) is 2.82. The second kappa shape index (κ2) is 4.98. The molecule has 1 amide bonds. The molecule has 0 aromatic heterocycles. The SMILES string of the molecule is CCC(C)(O)CNC(=O)C1Cc2ccccc2O1. The van der Waals surface area contributed by atoms with Crippen LogP contribution < -0.4 is 10.1 Å². The van der Waals surface area contributed by atoms with Crippen LogP contribution in [-0.4, -0.2) is 29.3 Å². The first kappa shape index (κ1) is 12.9. The van der Waals surface area contributed by atoms with E-state index in [1.54, 1.807) is 6.92 Å². The van der Waals surface area contributed by atoms with E-state index in [-0.39, 0.29) is 12.5 Å². The highest BCUT2D eigenvalue weighted by Crippen LogP contribution is 2.28. The number of nitrogens with one attached hydrogen (secondary N) is 1. The molecule has 0 saturated carbocycles. The van der Waals surface area contributed by atoms with Crippen LogP contribution in [-0.2, 0) is 11.2 Å². The number of benzene rings is 1. The zero-order valence-corrected chi connectivity index (χ0v) is 10.8. The van der Waals surface area contributed by atoms with E-state index in [9.17, 15) is 9.90 Å². The molecule has 0 fully saturated rings. The molecule has 1 aromatic rings. The molecule has 2 unspecified atom stereocenters. The number of carbonyl (C=O) groups excluding carboxylic acids is 1. The van der Waals surface area contributed by atoms with Crippen molar-refractivity contribution in [3.8, 4) is 5.75 Å². The van der Waals surface area contributed by atoms with Gasteiger partial charge in [0.2, 0.25) is 0 Å². The van der Waals surface area contributed by atoms with Crippen LogP contribution in [0.3, 0.4) is 0 Å². The summed E-state index contributed by atoms with van der Waals surface area (Å²) in [4.78, 5) is 11.9. The van der Waals surface area contributed by atoms with Gasteiger partial charge in [-0.15, -0.1) is 0 Å². The molecule has 0 radical (unpaired) electrons. The molecule has 1 aromatic carbocycles. The number of hydrogen-bond acceptors (Lipinski definition) is 3. The maximum atomic E-state index is 11.9. The van der Waals surface area contributed by atoms with E-state index in [2.05, 4.69) is 5.32 Å². The van der Waals surface area contributed by atoms with Crippen LogP contribution in [0.25, 0.3) is 0 Å². The predicted octanol–water partition coefficient (Wildman–Crippen LogP) is 1.27. The molecule has 4 heteroatoms. The molecule has 18 heavy (non-hydrogen) atoms. The molecule has 2 N–H and O–H groups in total. The summed E-state index contributed by atoms with van der Waals surface area (Å²) in [7, 11) is 0. The summed E-state index contributed by atoms with van der Waals surface area (Å²) in [5.41, 5.74) is 0.195. The normalized spacial score (nSPS) is 20.7. The van der Waals surface area contributed by atoms with Gasteiger partial charge in [0.1, 0.15) is 5.75 Å². The summed E-state index contributed by atoms with van der Waals surface area (Å²) < 4.78 is 5.57. The molecule has 98 valence electrons. The molecule has 1 aliphatic heterocycles. The van der Waals surface area contributed by atoms with E-state index in [0.29, 0.717) is 12.8 Å². The van der Waals surface area contributed by atoms with E-state index in [1.807, 2.05) is 31.2 Å². The molecule has 0 spiro atoms. The van der Waals surface area contributed by atoms with Gasteiger partial charge in [-0.1, -0.05) is 25.1 Å². The van der Waals surface area contributed by atoms with E-state index in [1.165, 1.54) is 0 Å². The van der Waals surface area contributed by atoms with Crippen molar-refractivity contribution in [1.82, 2.24) is 5.32 Å². The molecule has 0 bridgehead atoms. The Kier molecular flexibility index (Phi) is 3.57. The number of ether oxygens (including phenoxy) is 1. The Morgan fingerprint density at radius 3 is 2.94 bits per heavy atom. The number of para-hydroxylation sites is 1. The Balaban J connectivity index is 1.90. The van der Waals surface area contributed by atoms with Crippen LogP contribution >= 0.6 is 0 Å². The smallest absolute Gasteiger partial charge is 0.261 e. The topological polar surface area (TPSA) is 58.6 Å². The highest BCUT2D eigenvalue weighted by atomic mass is 16.5. The van der Waals surface area contributed by atoms with Gasteiger partial charge in [-0.3, -0.25) is 4.79 Å². The first-order valence-electron chi connectivity index (χ1n) is 6.26. The van der Waals surface area contributed by atoms with Crippen molar-refractivity contribution < 1.29 is 14.6 Å². The van der Waals surface area contributed by atoms with Gasteiger partial charge in [0.05, 0.1) is 5.60 Å². The molecule has 1 aliphatic rings. The third-order valence-corrected chi connectivity index (χ3v) is 3.34. The van der Waals surface area contributed by atoms with Gasteiger partial charge in [0, 0.05) is 13.0 Å². The maximum Gasteiger partial charge on any atom is 0.261 e. The largest absolute Gasteiger partial charge is 0.480 e. The average Bonchev–Trinajstić information content (AvgIpc) is 2.80. The van der Waals surface area contributed by atoms with E-state index in [0.717, 1.165) is 11.3 Å². The first-order valence-corrected chi connectivity index (χ1v) is 6.26. The second-order valence-corrected chi connectivity index (χ2v) is 4.99. The Labute approximate surface area is 107 Å². The molecule has 0 aliphatic carbocycles. The lowest BCUT2D eigenvalue weighted by Gasteiger charge is -2.22. The van der Waals surface area contributed by atoms with Gasteiger partial charge in [0.25, 0.3) is 5.91 Å². The lowest BCUT2D eigenvalue weighted by molar-refractivity contribution is -0.128. The van der Waals surface area contributed by atoms with Gasteiger partial charge in [-0.2, -0.15) is 0 Å². The number of amides is 1. The highest BCUT2D eigenvalue weighted by Gasteiger charge is 2.29. The van der Waals surface area contributed by atoms with Crippen LogP contribution in [0.5, 0.6) is 5.75 Å². The molecule has 2 rings (SSSR count). The zero-order valence-electron chi connectivity index (χ0n) is 10.8. The van der Waals surface area contributed by atoms with Crippen molar-refractivity contribution in [3.63, 3.8) is 0 Å². The standard InChI is InChI=1S/C14H19NO3/c1-3-14(2,17)9-15-13(16)12-8-10-6-4-5-7-11(10)18-12/h4-7,12,17H,3,8-9H2,1-2H3,(H,15,16). The number of carbonyl (C=O) groups is 1. The van der Waals surface area contributed by atoms with Crippen LogP contribution in [0.2, 0.25) is 0 Å². The zero-order chi connectivity index (χ0) is 13.2. The van der Waals surface area contributed by atoms with Gasteiger partial charge >= 0.3 is 0 Å². The van der Waals surface area contributed by atoms with Crippen molar-refractivity contribution in [2.24, 2.45) is 0 Å². The van der Waals surface area contributed by atoms with Crippen LogP contribution in [0.4, 0.5) is 0 Å². The highest BCUT2D eigenvalue weighted by molar-refractivity contribution is 5.82. The molecule has 4 nitrogen and oxygen atoms in total. The molecular formula is C14H19NO3. The minimum absolute atomic E-state index is 0.167. The summed E-state index contributed by atoms with van der Waals surface area (Å²) in [6.45, 7) is 3.84. The molecule has 0 saturated heterocycles. The quantitative estimate of drug-likeness (QED) is 0.844.